The standard InChI is InChI=1S/C28H27F3N2O4/c1-4-37-24(34)16-14-18-13-15-23(21(17-18)27(36)33(2)3)32-26(35)25-20(19-9-6-5-7-10-19)11-8-12-22(25)28(29,30)31/h5-13,15,17H,4,14,16H2,1-3H3,(H,32,35). The number of nitrogens with zero attached hydrogens (tertiary/aromatic N) is 1. The minimum absolute atomic E-state index is 0.0552. The zero-order valence-electron chi connectivity index (χ0n) is 20.7. The number of amides is 2. The van der Waals surface area contributed by atoms with Crippen molar-refractivity contribution >= 4 is 23.5 Å². The average molecular weight is 513 g/mol. The Hall–Kier alpha value is -4.14. The molecule has 1 N–H and O–H groups in total. The number of carbonyl (C=O) groups excluding carboxylic acids is 3. The Morgan fingerprint density at radius 1 is 0.946 bits per heavy atom. The molecule has 3 aromatic rings. The monoisotopic (exact) mass is 512 g/mol. The van der Waals surface area contributed by atoms with Gasteiger partial charge in [0.15, 0.2) is 0 Å². The highest BCUT2D eigenvalue weighted by Gasteiger charge is 2.37. The van der Waals surface area contributed by atoms with Crippen LogP contribution in [0, 0.1) is 0 Å². The molecule has 0 heterocycles. The quantitative estimate of drug-likeness (QED) is 0.386. The van der Waals surface area contributed by atoms with Crippen LogP contribution in [0.5, 0.6) is 0 Å². The molecule has 0 atom stereocenters. The number of halogens is 3. The Bertz CT molecular complexity index is 1290. The predicted octanol–water partition coefficient (Wildman–Crippen LogP) is 5.82. The summed E-state index contributed by atoms with van der Waals surface area (Å²) in [6.07, 6.45) is -4.40. The molecule has 0 bridgehead atoms. The Morgan fingerprint density at radius 2 is 1.65 bits per heavy atom. The van der Waals surface area contributed by atoms with E-state index in [0.29, 0.717) is 11.1 Å². The molecule has 0 radical (unpaired) electrons. The fourth-order valence-corrected chi connectivity index (χ4v) is 3.83. The number of hydrogen-bond donors (Lipinski definition) is 1. The van der Waals surface area contributed by atoms with Gasteiger partial charge in [0.1, 0.15) is 0 Å². The molecule has 0 aliphatic carbocycles. The molecule has 194 valence electrons. The van der Waals surface area contributed by atoms with Gasteiger partial charge in [0.25, 0.3) is 11.8 Å². The van der Waals surface area contributed by atoms with Crippen molar-refractivity contribution in [3.63, 3.8) is 0 Å². The molecule has 2 amide bonds. The molecule has 9 heteroatoms. The molecule has 0 spiro atoms. The summed E-state index contributed by atoms with van der Waals surface area (Å²) in [5.41, 5.74) is -0.298. The van der Waals surface area contributed by atoms with E-state index in [1.54, 1.807) is 43.3 Å². The first-order valence-corrected chi connectivity index (χ1v) is 11.6. The van der Waals surface area contributed by atoms with Crippen molar-refractivity contribution < 1.29 is 32.3 Å². The van der Waals surface area contributed by atoms with Crippen molar-refractivity contribution in [3.05, 3.63) is 89.0 Å². The Kier molecular flexibility index (Phi) is 8.70. The first-order chi connectivity index (χ1) is 17.5. The first kappa shape index (κ1) is 27.4. The molecule has 3 rings (SSSR count). The Balaban J connectivity index is 2.04. The zero-order chi connectivity index (χ0) is 27.2. The number of benzene rings is 3. The van der Waals surface area contributed by atoms with Crippen LogP contribution in [0.4, 0.5) is 18.9 Å². The lowest BCUT2D eigenvalue weighted by molar-refractivity contribution is -0.143. The number of nitrogens with one attached hydrogen (secondary N) is 1. The summed E-state index contributed by atoms with van der Waals surface area (Å²) < 4.78 is 46.7. The van der Waals surface area contributed by atoms with Gasteiger partial charge in [-0.1, -0.05) is 48.5 Å². The molecule has 0 saturated heterocycles. The van der Waals surface area contributed by atoms with E-state index in [9.17, 15) is 27.6 Å². The number of hydrogen-bond acceptors (Lipinski definition) is 4. The number of alkyl halides is 3. The molecule has 0 unspecified atom stereocenters. The summed E-state index contributed by atoms with van der Waals surface area (Å²) in [5.74, 6) is -1.85. The van der Waals surface area contributed by atoms with E-state index < -0.39 is 35.1 Å². The number of anilines is 1. The molecule has 0 aliphatic rings. The molecular weight excluding hydrogens is 485 g/mol. The van der Waals surface area contributed by atoms with Crippen LogP contribution in [0.15, 0.2) is 66.7 Å². The van der Waals surface area contributed by atoms with Gasteiger partial charge in [-0.05, 0) is 48.2 Å². The van der Waals surface area contributed by atoms with Crippen LogP contribution in [0.1, 0.15) is 45.2 Å². The number of carbonyl (C=O) groups is 3. The van der Waals surface area contributed by atoms with Crippen molar-refractivity contribution in [2.24, 2.45) is 0 Å². The normalized spacial score (nSPS) is 11.1. The van der Waals surface area contributed by atoms with E-state index >= 15 is 0 Å². The van der Waals surface area contributed by atoms with Gasteiger partial charge in [0, 0.05) is 20.5 Å². The third-order valence-corrected chi connectivity index (χ3v) is 5.57. The summed E-state index contributed by atoms with van der Waals surface area (Å²) in [6, 6.07) is 16.4. The summed E-state index contributed by atoms with van der Waals surface area (Å²) in [4.78, 5) is 39.3. The minimum Gasteiger partial charge on any atom is -0.466 e. The second-order valence-corrected chi connectivity index (χ2v) is 8.43. The summed E-state index contributed by atoms with van der Waals surface area (Å²) in [5, 5.41) is 2.52. The van der Waals surface area contributed by atoms with Gasteiger partial charge < -0.3 is 15.0 Å². The second kappa shape index (κ2) is 11.7. The number of esters is 1. The second-order valence-electron chi connectivity index (χ2n) is 8.43. The van der Waals surface area contributed by atoms with Crippen molar-refractivity contribution in [1.82, 2.24) is 4.90 Å². The van der Waals surface area contributed by atoms with Gasteiger partial charge in [0.05, 0.1) is 29.0 Å². The molecule has 0 saturated carbocycles. The fraction of sp³-hybridized carbons (Fsp3) is 0.250. The smallest absolute Gasteiger partial charge is 0.417 e. The molecule has 37 heavy (non-hydrogen) atoms. The highest BCUT2D eigenvalue weighted by Crippen LogP contribution is 2.37. The van der Waals surface area contributed by atoms with E-state index in [2.05, 4.69) is 5.32 Å². The van der Waals surface area contributed by atoms with Crippen LogP contribution < -0.4 is 5.32 Å². The molecule has 0 aromatic heterocycles. The van der Waals surface area contributed by atoms with E-state index in [1.165, 1.54) is 43.3 Å². The van der Waals surface area contributed by atoms with Gasteiger partial charge in [-0.15, -0.1) is 0 Å². The lowest BCUT2D eigenvalue weighted by Crippen LogP contribution is -2.25. The zero-order valence-corrected chi connectivity index (χ0v) is 20.7. The summed E-state index contributed by atoms with van der Waals surface area (Å²) >= 11 is 0. The Labute approximate surface area is 213 Å². The SMILES string of the molecule is CCOC(=O)CCc1ccc(NC(=O)c2c(-c3ccccc3)cccc2C(F)(F)F)c(C(=O)N(C)C)c1. The number of ether oxygens (including phenoxy) is 1. The van der Waals surface area contributed by atoms with Gasteiger partial charge in [-0.2, -0.15) is 13.2 Å². The summed E-state index contributed by atoms with van der Waals surface area (Å²) in [7, 11) is 3.04. The van der Waals surface area contributed by atoms with E-state index in [-0.39, 0.29) is 36.3 Å². The van der Waals surface area contributed by atoms with Gasteiger partial charge in [0.2, 0.25) is 0 Å². The Morgan fingerprint density at radius 3 is 2.27 bits per heavy atom. The van der Waals surface area contributed by atoms with Crippen LogP contribution in [-0.2, 0) is 22.1 Å². The van der Waals surface area contributed by atoms with Crippen molar-refractivity contribution in [2.45, 2.75) is 25.9 Å². The fourth-order valence-electron chi connectivity index (χ4n) is 3.83. The van der Waals surface area contributed by atoms with Gasteiger partial charge in [-0.3, -0.25) is 14.4 Å². The minimum atomic E-state index is -4.78. The maximum atomic E-state index is 13.9. The van der Waals surface area contributed by atoms with E-state index in [1.807, 2.05) is 0 Å². The highest BCUT2D eigenvalue weighted by atomic mass is 19.4. The van der Waals surface area contributed by atoms with Crippen LogP contribution in [-0.4, -0.2) is 43.4 Å². The lowest BCUT2D eigenvalue weighted by atomic mass is 9.94. The predicted molar refractivity (Wildman–Crippen MR) is 134 cm³/mol. The van der Waals surface area contributed by atoms with Crippen molar-refractivity contribution in [1.29, 1.82) is 0 Å². The molecular formula is C28H27F3N2O4. The molecule has 0 aliphatic heterocycles. The highest BCUT2D eigenvalue weighted by molar-refractivity contribution is 6.12. The largest absolute Gasteiger partial charge is 0.466 e. The van der Waals surface area contributed by atoms with Gasteiger partial charge >= 0.3 is 12.1 Å². The number of aryl methyl sites for hydroxylation is 1. The number of rotatable bonds is 8. The maximum Gasteiger partial charge on any atom is 0.417 e. The van der Waals surface area contributed by atoms with Crippen LogP contribution >= 0.6 is 0 Å². The molecule has 3 aromatic carbocycles. The molecule has 0 fully saturated rings. The van der Waals surface area contributed by atoms with E-state index in [4.69, 9.17) is 4.74 Å². The van der Waals surface area contributed by atoms with Crippen LogP contribution in [0.3, 0.4) is 0 Å². The van der Waals surface area contributed by atoms with Gasteiger partial charge in [-0.25, -0.2) is 0 Å². The first-order valence-electron chi connectivity index (χ1n) is 11.6. The lowest BCUT2D eigenvalue weighted by Gasteiger charge is -2.19. The maximum absolute atomic E-state index is 13.9. The van der Waals surface area contributed by atoms with Crippen molar-refractivity contribution in [2.75, 3.05) is 26.0 Å². The van der Waals surface area contributed by atoms with Crippen LogP contribution in [0.2, 0.25) is 0 Å². The van der Waals surface area contributed by atoms with Crippen LogP contribution in [0.25, 0.3) is 11.1 Å². The average Bonchev–Trinajstić information content (AvgIpc) is 2.87. The summed E-state index contributed by atoms with van der Waals surface area (Å²) in [6.45, 7) is 1.95. The molecule has 6 nitrogen and oxygen atoms in total. The topological polar surface area (TPSA) is 75.7 Å². The third kappa shape index (κ3) is 6.75. The third-order valence-electron chi connectivity index (χ3n) is 5.57. The van der Waals surface area contributed by atoms with Crippen molar-refractivity contribution in [3.8, 4) is 11.1 Å². The van der Waals surface area contributed by atoms with E-state index in [0.717, 1.165) is 6.07 Å².